The molecule has 0 N–H and O–H groups in total. The molecule has 0 unspecified atom stereocenters. The summed E-state index contributed by atoms with van der Waals surface area (Å²) in [6.07, 6.45) is 1.17. The smallest absolute Gasteiger partial charge is 0.310 e. The molecule has 0 saturated carbocycles. The fraction of sp³-hybridized carbons (Fsp3) is 0.235. The van der Waals surface area contributed by atoms with Crippen LogP contribution in [0.5, 0.6) is 0 Å². The van der Waals surface area contributed by atoms with Gasteiger partial charge in [0, 0.05) is 0 Å². The Labute approximate surface area is 136 Å². The second kappa shape index (κ2) is 7.89. The van der Waals surface area contributed by atoms with Gasteiger partial charge in [-0.25, -0.2) is 0 Å². The fourth-order valence-corrected chi connectivity index (χ4v) is 2.23. The van der Waals surface area contributed by atoms with Gasteiger partial charge in [-0.15, -0.1) is 0 Å². The Morgan fingerprint density at radius 1 is 0.870 bits per heavy atom. The van der Waals surface area contributed by atoms with Crippen LogP contribution in [0.4, 0.5) is 0 Å². The summed E-state index contributed by atoms with van der Waals surface area (Å²) in [7, 11) is -3.46. The van der Waals surface area contributed by atoms with Crippen LogP contribution in [-0.4, -0.2) is 20.6 Å². The number of carbonyl (C=O) groups is 1. The summed E-state index contributed by atoms with van der Waals surface area (Å²) in [6, 6.07) is 16.4. The highest BCUT2D eigenvalue weighted by Gasteiger charge is 2.07. The summed E-state index contributed by atoms with van der Waals surface area (Å²) in [5, 5.41) is 0. The van der Waals surface area contributed by atoms with E-state index in [2.05, 4.69) is 0 Å². The minimum absolute atomic E-state index is 0.0163. The quantitative estimate of drug-likeness (QED) is 0.574. The molecule has 0 radical (unpaired) electrons. The van der Waals surface area contributed by atoms with Gasteiger partial charge in [-0.05, 0) is 16.7 Å². The molecule has 0 bridgehead atoms. The van der Waals surface area contributed by atoms with Crippen molar-refractivity contribution in [1.82, 2.24) is 0 Å². The normalized spacial score (nSPS) is 11.2. The van der Waals surface area contributed by atoms with Crippen LogP contribution >= 0.6 is 0 Å². The molecular formula is C17H18O5S. The minimum atomic E-state index is -3.46. The molecule has 122 valence electrons. The Hall–Kier alpha value is -2.18. The predicted molar refractivity (Wildman–Crippen MR) is 86.0 cm³/mol. The summed E-state index contributed by atoms with van der Waals surface area (Å²) in [5.74, 6) is -0.311. The van der Waals surface area contributed by atoms with Crippen molar-refractivity contribution in [2.75, 3.05) is 6.26 Å². The topological polar surface area (TPSA) is 69.7 Å². The van der Waals surface area contributed by atoms with Crippen molar-refractivity contribution in [3.63, 3.8) is 0 Å². The van der Waals surface area contributed by atoms with E-state index in [0.29, 0.717) is 0 Å². The van der Waals surface area contributed by atoms with Crippen LogP contribution in [0.15, 0.2) is 54.6 Å². The first-order valence-corrected chi connectivity index (χ1v) is 8.86. The molecule has 0 heterocycles. The molecular weight excluding hydrogens is 316 g/mol. The highest BCUT2D eigenvalue weighted by molar-refractivity contribution is 7.85. The van der Waals surface area contributed by atoms with E-state index in [-0.39, 0.29) is 25.6 Å². The van der Waals surface area contributed by atoms with E-state index >= 15 is 0 Å². The number of hydrogen-bond acceptors (Lipinski definition) is 5. The van der Waals surface area contributed by atoms with Crippen molar-refractivity contribution in [1.29, 1.82) is 0 Å². The van der Waals surface area contributed by atoms with E-state index in [0.717, 1.165) is 22.9 Å². The van der Waals surface area contributed by atoms with Gasteiger partial charge in [0.05, 0.1) is 19.3 Å². The highest BCUT2D eigenvalue weighted by atomic mass is 32.2. The average molecular weight is 334 g/mol. The summed E-state index contributed by atoms with van der Waals surface area (Å²) in [5.41, 5.74) is 2.46. The largest absolute Gasteiger partial charge is 0.461 e. The van der Waals surface area contributed by atoms with Gasteiger partial charge >= 0.3 is 5.97 Å². The third-order valence-corrected chi connectivity index (χ3v) is 3.60. The van der Waals surface area contributed by atoms with Crippen LogP contribution in [0, 0.1) is 0 Å². The fourth-order valence-electron chi connectivity index (χ4n) is 1.88. The number of rotatable bonds is 7. The Morgan fingerprint density at radius 2 is 1.43 bits per heavy atom. The average Bonchev–Trinajstić information content (AvgIpc) is 2.53. The summed E-state index contributed by atoms with van der Waals surface area (Å²) < 4.78 is 31.8. The molecule has 0 aliphatic heterocycles. The number of esters is 1. The molecule has 2 rings (SSSR count). The number of carbonyl (C=O) groups excluding carboxylic acids is 1. The highest BCUT2D eigenvalue weighted by Crippen LogP contribution is 2.09. The van der Waals surface area contributed by atoms with Gasteiger partial charge in [-0.1, -0.05) is 54.6 Å². The van der Waals surface area contributed by atoms with Crippen molar-refractivity contribution in [2.45, 2.75) is 19.6 Å². The zero-order valence-corrected chi connectivity index (χ0v) is 13.6. The van der Waals surface area contributed by atoms with Gasteiger partial charge in [0.1, 0.15) is 6.61 Å². The summed E-state index contributed by atoms with van der Waals surface area (Å²) in [6.45, 7) is 0.234. The van der Waals surface area contributed by atoms with E-state index in [4.69, 9.17) is 8.92 Å². The number of ether oxygens (including phenoxy) is 1. The van der Waals surface area contributed by atoms with Gasteiger partial charge in [0.2, 0.25) is 0 Å². The molecule has 0 fully saturated rings. The first-order chi connectivity index (χ1) is 10.9. The third kappa shape index (κ3) is 6.63. The molecule has 5 nitrogen and oxygen atoms in total. The van der Waals surface area contributed by atoms with Gasteiger partial charge in [-0.2, -0.15) is 8.42 Å². The molecule has 6 heteroatoms. The number of hydrogen-bond donors (Lipinski definition) is 0. The lowest BCUT2D eigenvalue weighted by Crippen LogP contribution is -2.08. The lowest BCUT2D eigenvalue weighted by atomic mass is 10.1. The Balaban J connectivity index is 1.82. The van der Waals surface area contributed by atoms with Crippen LogP contribution < -0.4 is 0 Å². The maximum Gasteiger partial charge on any atom is 0.310 e. The van der Waals surface area contributed by atoms with Crippen LogP contribution in [-0.2, 0) is 43.5 Å². The molecule has 0 aliphatic carbocycles. The van der Waals surface area contributed by atoms with Gasteiger partial charge in [0.25, 0.3) is 10.1 Å². The molecule has 0 saturated heterocycles. The van der Waals surface area contributed by atoms with Crippen molar-refractivity contribution in [3.8, 4) is 0 Å². The molecule has 0 aliphatic rings. The van der Waals surface area contributed by atoms with Crippen LogP contribution in [0.2, 0.25) is 0 Å². The molecule has 2 aromatic rings. The van der Waals surface area contributed by atoms with E-state index in [1.54, 1.807) is 24.3 Å². The lowest BCUT2D eigenvalue weighted by molar-refractivity contribution is -0.144. The molecule has 0 aromatic heterocycles. The van der Waals surface area contributed by atoms with Gasteiger partial charge in [-0.3, -0.25) is 8.98 Å². The van der Waals surface area contributed by atoms with E-state index < -0.39 is 10.1 Å². The minimum Gasteiger partial charge on any atom is -0.461 e. The van der Waals surface area contributed by atoms with Crippen molar-refractivity contribution in [2.24, 2.45) is 0 Å². The van der Waals surface area contributed by atoms with E-state index in [9.17, 15) is 13.2 Å². The second-order valence-electron chi connectivity index (χ2n) is 5.11. The zero-order valence-electron chi connectivity index (χ0n) is 12.8. The maximum absolute atomic E-state index is 11.8. The number of benzene rings is 2. The van der Waals surface area contributed by atoms with Gasteiger partial charge in [0.15, 0.2) is 0 Å². The SMILES string of the molecule is CS(=O)(=O)OCc1ccc(CC(=O)OCc2ccccc2)cc1. The molecule has 2 aromatic carbocycles. The standard InChI is InChI=1S/C17H18O5S/c1-23(19,20)22-13-16-9-7-14(8-10-16)11-17(18)21-12-15-5-3-2-4-6-15/h2-10H,11-13H2,1H3. The van der Waals surface area contributed by atoms with E-state index in [1.165, 1.54) is 0 Å². The van der Waals surface area contributed by atoms with Crippen LogP contribution in [0.25, 0.3) is 0 Å². The van der Waals surface area contributed by atoms with Crippen LogP contribution in [0.1, 0.15) is 16.7 Å². The third-order valence-electron chi connectivity index (χ3n) is 3.05. The first kappa shape index (κ1) is 17.2. The van der Waals surface area contributed by atoms with Gasteiger partial charge < -0.3 is 4.74 Å². The van der Waals surface area contributed by atoms with Crippen molar-refractivity contribution >= 4 is 16.1 Å². The lowest BCUT2D eigenvalue weighted by Gasteiger charge is -2.06. The zero-order chi connectivity index (χ0) is 16.7. The second-order valence-corrected chi connectivity index (χ2v) is 6.75. The monoisotopic (exact) mass is 334 g/mol. The Kier molecular flexibility index (Phi) is 5.90. The Morgan fingerprint density at radius 3 is 2.04 bits per heavy atom. The molecule has 23 heavy (non-hydrogen) atoms. The maximum atomic E-state index is 11.8. The summed E-state index contributed by atoms with van der Waals surface area (Å²) in [4.78, 5) is 11.8. The predicted octanol–water partition coefficient (Wildman–Crippen LogP) is 2.45. The summed E-state index contributed by atoms with van der Waals surface area (Å²) >= 11 is 0. The van der Waals surface area contributed by atoms with Crippen LogP contribution in [0.3, 0.4) is 0 Å². The van der Waals surface area contributed by atoms with Crippen molar-refractivity contribution < 1.29 is 22.1 Å². The van der Waals surface area contributed by atoms with Crippen molar-refractivity contribution in [3.05, 3.63) is 71.3 Å². The molecule has 0 spiro atoms. The van der Waals surface area contributed by atoms with E-state index in [1.807, 2.05) is 30.3 Å². The molecule has 0 atom stereocenters. The Bertz CT molecular complexity index is 736. The first-order valence-electron chi connectivity index (χ1n) is 7.04. The molecule has 0 amide bonds.